The summed E-state index contributed by atoms with van der Waals surface area (Å²) >= 11 is 5.70. The van der Waals surface area contributed by atoms with E-state index in [1.807, 2.05) is 6.92 Å². The zero-order chi connectivity index (χ0) is 15.8. The van der Waals surface area contributed by atoms with Crippen molar-refractivity contribution in [2.24, 2.45) is 0 Å². The zero-order valence-corrected chi connectivity index (χ0v) is 12.2. The van der Waals surface area contributed by atoms with Gasteiger partial charge in [-0.1, -0.05) is 31.0 Å². The maximum absolute atomic E-state index is 11.8. The molecule has 0 heterocycles. The van der Waals surface area contributed by atoms with Crippen LogP contribution in [0.1, 0.15) is 25.3 Å². The second-order valence-electron chi connectivity index (χ2n) is 4.25. The molecular formula is C14H14ClN3O3. The summed E-state index contributed by atoms with van der Waals surface area (Å²) in [4.78, 5) is 22.0. The van der Waals surface area contributed by atoms with Crippen molar-refractivity contribution >= 4 is 29.3 Å². The molecule has 0 fully saturated rings. The van der Waals surface area contributed by atoms with E-state index < -0.39 is 10.8 Å². The zero-order valence-electron chi connectivity index (χ0n) is 11.4. The van der Waals surface area contributed by atoms with Gasteiger partial charge in [0.25, 0.3) is 11.6 Å². The number of carbonyl (C=O) groups is 1. The Bertz CT molecular complexity index is 620. The molecule has 1 amide bonds. The molecule has 0 unspecified atom stereocenters. The van der Waals surface area contributed by atoms with Crippen LogP contribution in [-0.2, 0) is 4.79 Å². The quantitative estimate of drug-likeness (QED) is 0.287. The number of nitro groups is 1. The van der Waals surface area contributed by atoms with E-state index in [4.69, 9.17) is 16.9 Å². The SMILES string of the molecule is CCCCNC(=O)C(C#N)=Cc1ccc(Cl)c([N+](=O)[O-])c1. The average molecular weight is 308 g/mol. The summed E-state index contributed by atoms with van der Waals surface area (Å²) in [7, 11) is 0. The highest BCUT2D eigenvalue weighted by Crippen LogP contribution is 2.26. The average Bonchev–Trinajstić information content (AvgIpc) is 2.46. The van der Waals surface area contributed by atoms with E-state index in [-0.39, 0.29) is 16.3 Å². The monoisotopic (exact) mass is 307 g/mol. The Balaban J connectivity index is 2.98. The van der Waals surface area contributed by atoms with Crippen LogP contribution in [0.4, 0.5) is 5.69 Å². The number of halogens is 1. The number of carbonyl (C=O) groups excluding carboxylic acids is 1. The van der Waals surface area contributed by atoms with Crippen LogP contribution in [0, 0.1) is 21.4 Å². The minimum Gasteiger partial charge on any atom is -0.351 e. The van der Waals surface area contributed by atoms with Crippen LogP contribution in [-0.4, -0.2) is 17.4 Å². The predicted octanol–water partition coefficient (Wildman–Crippen LogP) is 3.07. The fraction of sp³-hybridized carbons (Fsp3) is 0.286. The van der Waals surface area contributed by atoms with Crippen molar-refractivity contribution in [3.05, 3.63) is 44.5 Å². The lowest BCUT2D eigenvalue weighted by molar-refractivity contribution is -0.384. The molecule has 7 heteroatoms. The van der Waals surface area contributed by atoms with Crippen molar-refractivity contribution in [1.82, 2.24) is 5.32 Å². The van der Waals surface area contributed by atoms with Crippen LogP contribution >= 0.6 is 11.6 Å². The smallest absolute Gasteiger partial charge is 0.288 e. The number of hydrogen-bond acceptors (Lipinski definition) is 4. The molecule has 1 rings (SSSR count). The third kappa shape index (κ3) is 4.89. The molecule has 6 nitrogen and oxygen atoms in total. The van der Waals surface area contributed by atoms with E-state index in [0.717, 1.165) is 12.8 Å². The van der Waals surface area contributed by atoms with Crippen molar-refractivity contribution in [2.75, 3.05) is 6.54 Å². The number of nitriles is 1. The molecule has 0 saturated carbocycles. The van der Waals surface area contributed by atoms with Gasteiger partial charge in [-0.2, -0.15) is 5.26 Å². The first-order chi connectivity index (χ1) is 9.99. The van der Waals surface area contributed by atoms with E-state index in [2.05, 4.69) is 5.32 Å². The highest BCUT2D eigenvalue weighted by atomic mass is 35.5. The third-order valence-electron chi connectivity index (χ3n) is 2.66. The number of benzene rings is 1. The summed E-state index contributed by atoms with van der Waals surface area (Å²) in [6.45, 7) is 2.47. The maximum Gasteiger partial charge on any atom is 0.288 e. The summed E-state index contributed by atoms with van der Waals surface area (Å²) in [5.74, 6) is -0.497. The number of unbranched alkanes of at least 4 members (excludes halogenated alkanes) is 1. The molecule has 0 spiro atoms. The summed E-state index contributed by atoms with van der Waals surface area (Å²) in [5.41, 5.74) is -0.00915. The van der Waals surface area contributed by atoms with Crippen LogP contribution < -0.4 is 5.32 Å². The lowest BCUT2D eigenvalue weighted by Crippen LogP contribution is -2.25. The molecule has 0 aliphatic heterocycles. The fourth-order valence-electron chi connectivity index (χ4n) is 1.55. The van der Waals surface area contributed by atoms with Gasteiger partial charge in [-0.05, 0) is 24.1 Å². The topological polar surface area (TPSA) is 96.0 Å². The summed E-state index contributed by atoms with van der Waals surface area (Å²) < 4.78 is 0. The van der Waals surface area contributed by atoms with Crippen LogP contribution in [0.5, 0.6) is 0 Å². The Morgan fingerprint density at radius 1 is 1.57 bits per heavy atom. The van der Waals surface area contributed by atoms with Gasteiger partial charge in [0.15, 0.2) is 0 Å². The van der Waals surface area contributed by atoms with Crippen molar-refractivity contribution in [3.8, 4) is 6.07 Å². The van der Waals surface area contributed by atoms with Crippen LogP contribution in [0.3, 0.4) is 0 Å². The first-order valence-corrected chi connectivity index (χ1v) is 6.71. The van der Waals surface area contributed by atoms with Gasteiger partial charge in [-0.25, -0.2) is 0 Å². The lowest BCUT2D eigenvalue weighted by Gasteiger charge is -2.03. The van der Waals surface area contributed by atoms with E-state index in [1.165, 1.54) is 24.3 Å². The molecule has 1 N–H and O–H groups in total. The van der Waals surface area contributed by atoms with Gasteiger partial charge in [-0.15, -0.1) is 0 Å². The van der Waals surface area contributed by atoms with Crippen LogP contribution in [0.2, 0.25) is 5.02 Å². The number of hydrogen-bond donors (Lipinski definition) is 1. The normalized spacial score (nSPS) is 10.8. The number of nitrogens with zero attached hydrogens (tertiary/aromatic N) is 2. The molecule has 0 bridgehead atoms. The first-order valence-electron chi connectivity index (χ1n) is 6.33. The number of nitrogens with one attached hydrogen (secondary N) is 1. The molecular weight excluding hydrogens is 294 g/mol. The Hall–Kier alpha value is -2.39. The molecule has 110 valence electrons. The van der Waals surface area contributed by atoms with Gasteiger partial charge in [0.2, 0.25) is 0 Å². The Morgan fingerprint density at radius 3 is 2.86 bits per heavy atom. The van der Waals surface area contributed by atoms with Gasteiger partial charge >= 0.3 is 0 Å². The largest absolute Gasteiger partial charge is 0.351 e. The van der Waals surface area contributed by atoms with Crippen LogP contribution in [0.25, 0.3) is 6.08 Å². The van der Waals surface area contributed by atoms with E-state index >= 15 is 0 Å². The minimum absolute atomic E-state index is 0.00283. The Kier molecular flexibility index (Phi) is 6.37. The molecule has 0 radical (unpaired) electrons. The van der Waals surface area contributed by atoms with Crippen molar-refractivity contribution in [2.45, 2.75) is 19.8 Å². The molecule has 0 aliphatic rings. The standard InChI is InChI=1S/C14H14ClN3O3/c1-2-3-6-17-14(19)11(9-16)7-10-4-5-12(15)13(8-10)18(20)21/h4-5,7-8H,2-3,6H2,1H3,(H,17,19). The molecule has 1 aromatic carbocycles. The predicted molar refractivity (Wildman–Crippen MR) is 79.6 cm³/mol. The number of nitro benzene ring substituents is 1. The molecule has 0 aromatic heterocycles. The minimum atomic E-state index is -0.618. The lowest BCUT2D eigenvalue weighted by atomic mass is 10.1. The summed E-state index contributed by atoms with van der Waals surface area (Å²) in [6.07, 6.45) is 3.04. The molecule has 21 heavy (non-hydrogen) atoms. The van der Waals surface area contributed by atoms with Gasteiger partial charge in [0.05, 0.1) is 4.92 Å². The van der Waals surface area contributed by atoms with Crippen LogP contribution in [0.15, 0.2) is 23.8 Å². The second kappa shape index (κ2) is 8.02. The number of amides is 1. The fourth-order valence-corrected chi connectivity index (χ4v) is 1.74. The van der Waals surface area contributed by atoms with Gasteiger partial charge < -0.3 is 5.32 Å². The molecule has 0 saturated heterocycles. The second-order valence-corrected chi connectivity index (χ2v) is 4.65. The van der Waals surface area contributed by atoms with E-state index in [1.54, 1.807) is 6.07 Å². The first kappa shape index (κ1) is 16.7. The molecule has 0 aliphatic carbocycles. The third-order valence-corrected chi connectivity index (χ3v) is 2.98. The highest BCUT2D eigenvalue weighted by molar-refractivity contribution is 6.32. The highest BCUT2D eigenvalue weighted by Gasteiger charge is 2.13. The van der Waals surface area contributed by atoms with Gasteiger partial charge in [0.1, 0.15) is 16.7 Å². The summed E-state index contributed by atoms with van der Waals surface area (Å²) in [6, 6.07) is 5.87. The Labute approximate surface area is 127 Å². The van der Waals surface area contributed by atoms with E-state index in [9.17, 15) is 14.9 Å². The van der Waals surface area contributed by atoms with E-state index in [0.29, 0.717) is 12.1 Å². The Morgan fingerprint density at radius 2 is 2.29 bits per heavy atom. The maximum atomic E-state index is 11.8. The van der Waals surface area contributed by atoms with Gasteiger partial charge in [0, 0.05) is 12.6 Å². The number of rotatable bonds is 6. The van der Waals surface area contributed by atoms with Crippen molar-refractivity contribution in [1.29, 1.82) is 5.26 Å². The van der Waals surface area contributed by atoms with Crippen molar-refractivity contribution in [3.63, 3.8) is 0 Å². The summed E-state index contributed by atoms with van der Waals surface area (Å²) in [5, 5.41) is 22.4. The van der Waals surface area contributed by atoms with Crippen molar-refractivity contribution < 1.29 is 9.72 Å². The molecule has 1 aromatic rings. The molecule has 0 atom stereocenters. The van der Waals surface area contributed by atoms with Gasteiger partial charge in [-0.3, -0.25) is 14.9 Å².